The van der Waals surface area contributed by atoms with Gasteiger partial charge in [-0.2, -0.15) is 0 Å². The second kappa shape index (κ2) is 5.64. The SMILES string of the molecule is CC(C)c1ccc(C(=O)N2CCc3sccc3[C@H]2C)cc1. The summed E-state index contributed by atoms with van der Waals surface area (Å²) < 4.78 is 0. The summed E-state index contributed by atoms with van der Waals surface area (Å²) in [5, 5.41) is 2.13. The molecule has 1 aromatic carbocycles. The lowest BCUT2D eigenvalue weighted by Crippen LogP contribution is -2.38. The Morgan fingerprint density at radius 1 is 1.24 bits per heavy atom. The summed E-state index contributed by atoms with van der Waals surface area (Å²) in [5.41, 5.74) is 3.39. The van der Waals surface area contributed by atoms with Crippen molar-refractivity contribution in [1.82, 2.24) is 4.90 Å². The summed E-state index contributed by atoms with van der Waals surface area (Å²) in [5.74, 6) is 0.645. The monoisotopic (exact) mass is 299 g/mol. The lowest BCUT2D eigenvalue weighted by Gasteiger charge is -2.33. The molecule has 0 N–H and O–H groups in total. The minimum atomic E-state index is 0.148. The maximum absolute atomic E-state index is 12.8. The number of hydrogen-bond donors (Lipinski definition) is 0. The Labute approximate surface area is 130 Å². The van der Waals surface area contributed by atoms with E-state index in [9.17, 15) is 4.79 Å². The fourth-order valence-corrected chi connectivity index (χ4v) is 3.93. The topological polar surface area (TPSA) is 20.3 Å². The van der Waals surface area contributed by atoms with Gasteiger partial charge in [0, 0.05) is 17.0 Å². The summed E-state index contributed by atoms with van der Waals surface area (Å²) in [6, 6.07) is 10.4. The van der Waals surface area contributed by atoms with Crippen molar-refractivity contribution in [1.29, 1.82) is 0 Å². The van der Waals surface area contributed by atoms with Crippen molar-refractivity contribution in [2.24, 2.45) is 0 Å². The average Bonchev–Trinajstić information content (AvgIpc) is 2.96. The Bertz CT molecular complexity index is 641. The molecule has 3 rings (SSSR count). The number of benzene rings is 1. The summed E-state index contributed by atoms with van der Waals surface area (Å²) in [6.07, 6.45) is 0.979. The third-order valence-corrected chi connectivity index (χ3v) is 5.36. The van der Waals surface area contributed by atoms with E-state index in [-0.39, 0.29) is 11.9 Å². The molecule has 0 unspecified atom stereocenters. The second-order valence-electron chi connectivity index (χ2n) is 6.00. The van der Waals surface area contributed by atoms with Crippen molar-refractivity contribution in [2.45, 2.75) is 39.2 Å². The molecule has 1 aliphatic rings. The van der Waals surface area contributed by atoms with Gasteiger partial charge < -0.3 is 4.90 Å². The molecule has 0 radical (unpaired) electrons. The Kier molecular flexibility index (Phi) is 3.85. The maximum Gasteiger partial charge on any atom is 0.254 e. The predicted octanol–water partition coefficient (Wildman–Crippen LogP) is 4.63. The van der Waals surface area contributed by atoms with E-state index in [1.54, 1.807) is 11.3 Å². The van der Waals surface area contributed by atoms with Gasteiger partial charge in [-0.25, -0.2) is 0 Å². The van der Waals surface area contributed by atoms with Crippen molar-refractivity contribution in [3.63, 3.8) is 0 Å². The zero-order chi connectivity index (χ0) is 15.0. The number of fused-ring (bicyclic) bond motifs is 1. The second-order valence-corrected chi connectivity index (χ2v) is 7.00. The van der Waals surface area contributed by atoms with E-state index >= 15 is 0 Å². The van der Waals surface area contributed by atoms with E-state index < -0.39 is 0 Å². The molecule has 2 nitrogen and oxygen atoms in total. The van der Waals surface area contributed by atoms with Crippen LogP contribution in [0.3, 0.4) is 0 Å². The molecule has 1 amide bonds. The Morgan fingerprint density at radius 2 is 1.95 bits per heavy atom. The third kappa shape index (κ3) is 2.62. The zero-order valence-electron chi connectivity index (χ0n) is 12.8. The van der Waals surface area contributed by atoms with E-state index in [1.165, 1.54) is 16.0 Å². The first-order valence-electron chi connectivity index (χ1n) is 7.55. The lowest BCUT2D eigenvalue weighted by molar-refractivity contribution is 0.0679. The molecule has 2 aromatic rings. The standard InChI is InChI=1S/C18H21NOS/c1-12(2)14-4-6-15(7-5-14)18(20)19-10-8-17-16(13(19)3)9-11-21-17/h4-7,9,11-13H,8,10H2,1-3H3/t13-/m1/s1. The molecule has 3 heteroatoms. The first-order chi connectivity index (χ1) is 10.1. The minimum absolute atomic E-state index is 0.148. The van der Waals surface area contributed by atoms with Crippen LogP contribution in [0.15, 0.2) is 35.7 Å². The predicted molar refractivity (Wildman–Crippen MR) is 88.0 cm³/mol. The Balaban J connectivity index is 1.82. The Morgan fingerprint density at radius 3 is 2.62 bits per heavy atom. The number of carbonyl (C=O) groups excluding carboxylic acids is 1. The molecule has 0 saturated carbocycles. The highest BCUT2D eigenvalue weighted by atomic mass is 32.1. The highest BCUT2D eigenvalue weighted by Crippen LogP contribution is 2.33. The van der Waals surface area contributed by atoms with Gasteiger partial charge in [-0.3, -0.25) is 4.79 Å². The van der Waals surface area contributed by atoms with Crippen molar-refractivity contribution in [3.8, 4) is 0 Å². The van der Waals surface area contributed by atoms with Crippen molar-refractivity contribution >= 4 is 17.2 Å². The van der Waals surface area contributed by atoms with Gasteiger partial charge in [-0.05, 0) is 54.0 Å². The lowest BCUT2D eigenvalue weighted by atomic mass is 9.98. The van der Waals surface area contributed by atoms with E-state index in [0.717, 1.165) is 18.5 Å². The molecule has 2 heterocycles. The number of amides is 1. The van der Waals surface area contributed by atoms with E-state index in [2.05, 4.69) is 44.4 Å². The first kappa shape index (κ1) is 14.3. The van der Waals surface area contributed by atoms with Crippen LogP contribution in [0.2, 0.25) is 0 Å². The molecule has 1 aliphatic heterocycles. The van der Waals surface area contributed by atoms with Gasteiger partial charge in [0.05, 0.1) is 6.04 Å². The third-order valence-electron chi connectivity index (χ3n) is 4.36. The number of carbonyl (C=O) groups is 1. The molecule has 0 spiro atoms. The van der Waals surface area contributed by atoms with Gasteiger partial charge in [0.2, 0.25) is 0 Å². The fraction of sp³-hybridized carbons (Fsp3) is 0.389. The highest BCUT2D eigenvalue weighted by molar-refractivity contribution is 7.10. The molecule has 110 valence electrons. The normalized spacial score (nSPS) is 17.9. The van der Waals surface area contributed by atoms with Gasteiger partial charge in [0.15, 0.2) is 0 Å². The number of rotatable bonds is 2. The van der Waals surface area contributed by atoms with E-state index in [4.69, 9.17) is 0 Å². The summed E-state index contributed by atoms with van der Waals surface area (Å²) in [4.78, 5) is 16.2. The highest BCUT2D eigenvalue weighted by Gasteiger charge is 2.28. The van der Waals surface area contributed by atoms with Crippen LogP contribution in [0.4, 0.5) is 0 Å². The van der Waals surface area contributed by atoms with Crippen LogP contribution in [0.25, 0.3) is 0 Å². The maximum atomic E-state index is 12.8. The fourth-order valence-electron chi connectivity index (χ4n) is 2.96. The number of nitrogens with zero attached hydrogens (tertiary/aromatic N) is 1. The van der Waals surface area contributed by atoms with Crippen molar-refractivity contribution in [2.75, 3.05) is 6.54 Å². The zero-order valence-corrected chi connectivity index (χ0v) is 13.6. The van der Waals surface area contributed by atoms with Gasteiger partial charge in [-0.1, -0.05) is 26.0 Å². The quantitative estimate of drug-likeness (QED) is 0.791. The van der Waals surface area contributed by atoms with Crippen LogP contribution in [0, 0.1) is 0 Å². The smallest absolute Gasteiger partial charge is 0.254 e. The minimum Gasteiger partial charge on any atom is -0.331 e. The van der Waals surface area contributed by atoms with Crippen LogP contribution in [-0.4, -0.2) is 17.4 Å². The van der Waals surface area contributed by atoms with Crippen LogP contribution >= 0.6 is 11.3 Å². The molecular weight excluding hydrogens is 278 g/mol. The van der Waals surface area contributed by atoms with Gasteiger partial charge in [0.1, 0.15) is 0 Å². The molecule has 0 aliphatic carbocycles. The van der Waals surface area contributed by atoms with Crippen molar-refractivity contribution in [3.05, 3.63) is 57.3 Å². The Hall–Kier alpha value is -1.61. The summed E-state index contributed by atoms with van der Waals surface area (Å²) >= 11 is 1.81. The average molecular weight is 299 g/mol. The van der Waals surface area contributed by atoms with Crippen LogP contribution in [0.5, 0.6) is 0 Å². The number of hydrogen-bond acceptors (Lipinski definition) is 2. The molecule has 1 atom stereocenters. The van der Waals surface area contributed by atoms with Crippen LogP contribution in [0.1, 0.15) is 59.1 Å². The largest absolute Gasteiger partial charge is 0.331 e. The molecule has 1 aromatic heterocycles. The molecule has 21 heavy (non-hydrogen) atoms. The van der Waals surface area contributed by atoms with Gasteiger partial charge in [0.25, 0.3) is 5.91 Å². The van der Waals surface area contributed by atoms with E-state index in [0.29, 0.717) is 5.92 Å². The molecular formula is C18H21NOS. The van der Waals surface area contributed by atoms with Gasteiger partial charge >= 0.3 is 0 Å². The van der Waals surface area contributed by atoms with E-state index in [1.807, 2.05) is 17.0 Å². The summed E-state index contributed by atoms with van der Waals surface area (Å²) in [7, 11) is 0. The molecule has 0 bridgehead atoms. The molecule has 0 saturated heterocycles. The van der Waals surface area contributed by atoms with Crippen molar-refractivity contribution < 1.29 is 4.79 Å². The summed E-state index contributed by atoms with van der Waals surface area (Å²) in [6.45, 7) is 7.29. The first-order valence-corrected chi connectivity index (χ1v) is 8.43. The van der Waals surface area contributed by atoms with Crippen LogP contribution in [-0.2, 0) is 6.42 Å². The van der Waals surface area contributed by atoms with Gasteiger partial charge in [-0.15, -0.1) is 11.3 Å². The molecule has 0 fully saturated rings. The number of thiophene rings is 1. The van der Waals surface area contributed by atoms with Crippen LogP contribution < -0.4 is 0 Å².